The average Bonchev–Trinajstić information content (AvgIpc) is 2.98. The summed E-state index contributed by atoms with van der Waals surface area (Å²) in [5.41, 5.74) is 0.647. The summed E-state index contributed by atoms with van der Waals surface area (Å²) in [5, 5.41) is 12.3. The molecule has 6 nitrogen and oxygen atoms in total. The average molecular weight is 425 g/mol. The number of hydrogen-bond acceptors (Lipinski definition) is 4. The first-order chi connectivity index (χ1) is 14.4. The van der Waals surface area contributed by atoms with Crippen LogP contribution in [-0.4, -0.2) is 26.3 Å². The summed E-state index contributed by atoms with van der Waals surface area (Å²) in [6, 6.07) is 14.6. The molecule has 1 aliphatic rings. The zero-order valence-corrected chi connectivity index (χ0v) is 17.9. The van der Waals surface area contributed by atoms with Gasteiger partial charge in [-0.25, -0.2) is 0 Å². The minimum Gasteiger partial charge on any atom is -0.478 e. The number of carbonyl (C=O) groups excluding carboxylic acids is 1. The van der Waals surface area contributed by atoms with E-state index in [1.807, 2.05) is 24.3 Å². The van der Waals surface area contributed by atoms with Crippen LogP contribution >= 0.6 is 11.6 Å². The van der Waals surface area contributed by atoms with Gasteiger partial charge >= 0.3 is 0 Å². The number of rotatable bonds is 5. The van der Waals surface area contributed by atoms with Crippen molar-refractivity contribution in [3.8, 4) is 17.1 Å². The van der Waals surface area contributed by atoms with Crippen molar-refractivity contribution in [2.75, 3.05) is 5.32 Å². The number of amides is 1. The zero-order valence-electron chi connectivity index (χ0n) is 17.2. The van der Waals surface area contributed by atoms with Gasteiger partial charge in [0.05, 0.1) is 0 Å². The van der Waals surface area contributed by atoms with Crippen molar-refractivity contribution >= 4 is 23.2 Å². The van der Waals surface area contributed by atoms with Crippen molar-refractivity contribution in [2.45, 2.75) is 51.7 Å². The van der Waals surface area contributed by atoms with E-state index in [0.29, 0.717) is 16.5 Å². The normalized spacial score (nSPS) is 14.0. The lowest BCUT2D eigenvalue weighted by molar-refractivity contribution is -0.128. The second kappa shape index (κ2) is 8.48. The first-order valence-electron chi connectivity index (χ1n) is 10.2. The quantitative estimate of drug-likeness (QED) is 0.617. The number of nitrogens with zero attached hydrogens (tertiary/aromatic N) is 3. The van der Waals surface area contributed by atoms with Gasteiger partial charge < -0.3 is 14.6 Å². The summed E-state index contributed by atoms with van der Waals surface area (Å²) < 4.78 is 8.07. The summed E-state index contributed by atoms with van der Waals surface area (Å²) >= 11 is 5.90. The Bertz CT molecular complexity index is 1030. The van der Waals surface area contributed by atoms with Crippen LogP contribution in [0.2, 0.25) is 5.02 Å². The van der Waals surface area contributed by atoms with Gasteiger partial charge in [-0.2, -0.15) is 0 Å². The Hall–Kier alpha value is -2.86. The van der Waals surface area contributed by atoms with Crippen LogP contribution in [0, 0.1) is 0 Å². The molecule has 2 heterocycles. The molecule has 0 radical (unpaired) electrons. The van der Waals surface area contributed by atoms with Gasteiger partial charge in [-0.05, 0) is 75.2 Å². The Morgan fingerprint density at radius 2 is 1.77 bits per heavy atom. The molecule has 1 N–H and O–H groups in total. The molecule has 0 aliphatic carbocycles. The van der Waals surface area contributed by atoms with Crippen molar-refractivity contribution in [1.82, 2.24) is 14.8 Å². The molecule has 0 saturated heterocycles. The molecule has 2 aromatic carbocycles. The highest BCUT2D eigenvalue weighted by Gasteiger charge is 2.30. The largest absolute Gasteiger partial charge is 0.478 e. The highest BCUT2D eigenvalue weighted by atomic mass is 35.5. The van der Waals surface area contributed by atoms with Crippen LogP contribution in [0.3, 0.4) is 0 Å². The van der Waals surface area contributed by atoms with Gasteiger partial charge in [0.15, 0.2) is 11.4 Å². The van der Waals surface area contributed by atoms with Crippen molar-refractivity contribution in [2.24, 2.45) is 0 Å². The molecule has 156 valence electrons. The van der Waals surface area contributed by atoms with E-state index in [0.717, 1.165) is 43.0 Å². The van der Waals surface area contributed by atoms with Crippen molar-refractivity contribution in [1.29, 1.82) is 0 Å². The molecule has 0 saturated carbocycles. The number of aromatic nitrogens is 3. The fourth-order valence-electron chi connectivity index (χ4n) is 3.53. The van der Waals surface area contributed by atoms with Gasteiger partial charge in [-0.1, -0.05) is 18.0 Å². The topological polar surface area (TPSA) is 69.0 Å². The molecule has 1 amide bonds. The number of anilines is 1. The molecule has 3 aromatic rings. The van der Waals surface area contributed by atoms with Crippen molar-refractivity contribution in [3.05, 3.63) is 59.4 Å². The monoisotopic (exact) mass is 424 g/mol. The number of ether oxygens (including phenoxy) is 1. The smallest absolute Gasteiger partial charge is 0.267 e. The highest BCUT2D eigenvalue weighted by Crippen LogP contribution is 2.25. The molecule has 4 rings (SSSR count). The van der Waals surface area contributed by atoms with E-state index in [1.165, 1.54) is 6.42 Å². The SMILES string of the molecule is CC(C)(Oc1ccc(Cl)cc1)C(=O)Nc1ccc(-c2nnc3n2CCCCC3)cc1. The third-order valence-electron chi connectivity index (χ3n) is 5.24. The first kappa shape index (κ1) is 20.4. The van der Waals surface area contributed by atoms with E-state index in [2.05, 4.69) is 20.1 Å². The lowest BCUT2D eigenvalue weighted by Crippen LogP contribution is -2.42. The van der Waals surface area contributed by atoms with E-state index in [4.69, 9.17) is 16.3 Å². The fraction of sp³-hybridized carbons (Fsp3) is 0.348. The lowest BCUT2D eigenvalue weighted by Gasteiger charge is -2.25. The highest BCUT2D eigenvalue weighted by molar-refractivity contribution is 6.30. The maximum atomic E-state index is 12.8. The molecule has 1 aliphatic heterocycles. The van der Waals surface area contributed by atoms with E-state index >= 15 is 0 Å². The number of hydrogen-bond donors (Lipinski definition) is 1. The summed E-state index contributed by atoms with van der Waals surface area (Å²) in [7, 11) is 0. The molecule has 1 aromatic heterocycles. The van der Waals surface area contributed by atoms with Gasteiger partial charge in [0.1, 0.15) is 11.6 Å². The number of aryl methyl sites for hydroxylation is 1. The Kier molecular flexibility index (Phi) is 5.77. The summed E-state index contributed by atoms with van der Waals surface area (Å²) in [4.78, 5) is 12.8. The second-order valence-electron chi connectivity index (χ2n) is 8.00. The number of nitrogens with one attached hydrogen (secondary N) is 1. The summed E-state index contributed by atoms with van der Waals surface area (Å²) in [6.07, 6.45) is 4.51. The standard InChI is InChI=1S/C23H25ClN4O2/c1-23(2,30-19-13-9-17(24)10-14-19)22(29)25-18-11-7-16(8-12-18)21-27-26-20-6-4-3-5-15-28(20)21/h7-14H,3-6,15H2,1-2H3,(H,25,29). The molecule has 30 heavy (non-hydrogen) atoms. The minimum absolute atomic E-state index is 0.235. The Labute approximate surface area is 181 Å². The van der Waals surface area contributed by atoms with E-state index in [-0.39, 0.29) is 5.91 Å². The molecule has 0 fully saturated rings. The van der Waals surface area contributed by atoms with Gasteiger partial charge in [-0.3, -0.25) is 4.79 Å². The number of carbonyl (C=O) groups is 1. The summed E-state index contributed by atoms with van der Waals surface area (Å²) in [5.74, 6) is 2.29. The molecule has 7 heteroatoms. The second-order valence-corrected chi connectivity index (χ2v) is 8.44. The fourth-order valence-corrected chi connectivity index (χ4v) is 3.65. The van der Waals surface area contributed by atoms with Gasteiger partial charge in [-0.15, -0.1) is 10.2 Å². The van der Waals surface area contributed by atoms with E-state index < -0.39 is 5.60 Å². The lowest BCUT2D eigenvalue weighted by atomic mass is 10.1. The van der Waals surface area contributed by atoms with Crippen molar-refractivity contribution < 1.29 is 9.53 Å². The predicted molar refractivity (Wildman–Crippen MR) is 118 cm³/mol. The minimum atomic E-state index is -1.04. The molecule has 0 atom stereocenters. The summed E-state index contributed by atoms with van der Waals surface area (Å²) in [6.45, 7) is 4.42. The Morgan fingerprint density at radius 3 is 2.50 bits per heavy atom. The first-order valence-corrected chi connectivity index (χ1v) is 10.6. The van der Waals surface area contributed by atoms with Crippen LogP contribution in [0.25, 0.3) is 11.4 Å². The predicted octanol–water partition coefficient (Wildman–Crippen LogP) is 5.12. The van der Waals surface area contributed by atoms with Crippen LogP contribution in [0.15, 0.2) is 48.5 Å². The maximum absolute atomic E-state index is 12.8. The Morgan fingerprint density at radius 1 is 1.03 bits per heavy atom. The van der Waals surface area contributed by atoms with Crippen LogP contribution in [0.1, 0.15) is 38.9 Å². The number of halogens is 1. The van der Waals surface area contributed by atoms with Gasteiger partial charge in [0.25, 0.3) is 5.91 Å². The third kappa shape index (κ3) is 4.49. The van der Waals surface area contributed by atoms with Crippen LogP contribution in [-0.2, 0) is 17.8 Å². The molecule has 0 unspecified atom stereocenters. The molecule has 0 spiro atoms. The molecular weight excluding hydrogens is 400 g/mol. The van der Waals surface area contributed by atoms with Crippen LogP contribution in [0.5, 0.6) is 5.75 Å². The third-order valence-corrected chi connectivity index (χ3v) is 5.50. The number of benzene rings is 2. The van der Waals surface area contributed by atoms with Crippen molar-refractivity contribution in [3.63, 3.8) is 0 Å². The number of fused-ring (bicyclic) bond motifs is 1. The Balaban J connectivity index is 1.45. The zero-order chi connectivity index (χ0) is 21.1. The maximum Gasteiger partial charge on any atom is 0.267 e. The molecule has 0 bridgehead atoms. The van der Waals surface area contributed by atoms with Crippen LogP contribution in [0.4, 0.5) is 5.69 Å². The van der Waals surface area contributed by atoms with Gasteiger partial charge in [0.2, 0.25) is 0 Å². The molecular formula is C23H25ClN4O2. The van der Waals surface area contributed by atoms with Crippen LogP contribution < -0.4 is 10.1 Å². The van der Waals surface area contributed by atoms with E-state index in [1.54, 1.807) is 38.1 Å². The van der Waals surface area contributed by atoms with Gasteiger partial charge in [0, 0.05) is 29.2 Å². The van der Waals surface area contributed by atoms with E-state index in [9.17, 15) is 4.79 Å².